The molecule has 0 spiro atoms. The van der Waals surface area contributed by atoms with Gasteiger partial charge in [0.05, 0.1) is 22.3 Å². The van der Waals surface area contributed by atoms with E-state index >= 15 is 0 Å². The van der Waals surface area contributed by atoms with Crippen molar-refractivity contribution in [1.29, 1.82) is 0 Å². The average Bonchev–Trinajstić information content (AvgIpc) is 3.88. The predicted molar refractivity (Wildman–Crippen MR) is 183 cm³/mol. The van der Waals surface area contributed by atoms with Crippen LogP contribution in [0.5, 0.6) is 0 Å². The number of nitrogens with one attached hydrogen (secondary N) is 1. The second kappa shape index (κ2) is 11.8. The minimum Gasteiger partial charge on any atom is -0.480 e. The molecule has 7 heteroatoms. The zero-order valence-electron chi connectivity index (χ0n) is 25.4. The summed E-state index contributed by atoms with van der Waals surface area (Å²) in [7, 11) is 0. The van der Waals surface area contributed by atoms with Crippen molar-refractivity contribution in [3.63, 3.8) is 0 Å². The van der Waals surface area contributed by atoms with Crippen molar-refractivity contribution in [2.75, 3.05) is 0 Å². The van der Waals surface area contributed by atoms with Gasteiger partial charge in [0.15, 0.2) is 0 Å². The van der Waals surface area contributed by atoms with Crippen LogP contribution in [0.25, 0.3) is 16.7 Å². The van der Waals surface area contributed by atoms with E-state index in [1.165, 1.54) is 0 Å². The molecule has 5 aromatic carbocycles. The highest BCUT2D eigenvalue weighted by molar-refractivity contribution is 6.31. The third-order valence-electron chi connectivity index (χ3n) is 9.06. The first-order valence-corrected chi connectivity index (χ1v) is 15.9. The van der Waals surface area contributed by atoms with Gasteiger partial charge >= 0.3 is 11.7 Å². The van der Waals surface area contributed by atoms with Crippen LogP contribution in [0.2, 0.25) is 5.02 Å². The maximum absolute atomic E-state index is 13.6. The molecule has 0 saturated heterocycles. The zero-order chi connectivity index (χ0) is 31.9. The molecule has 1 aromatic heterocycles. The van der Waals surface area contributed by atoms with Crippen molar-refractivity contribution in [3.05, 3.63) is 171 Å². The monoisotopic (exact) mass is 627 g/mol. The average molecular weight is 628 g/mol. The second-order valence-corrected chi connectivity index (χ2v) is 12.7. The number of carboxylic acids is 1. The first-order chi connectivity index (χ1) is 22.3. The number of rotatable bonds is 10. The van der Waals surface area contributed by atoms with Crippen molar-refractivity contribution >= 4 is 28.6 Å². The molecule has 1 fully saturated rings. The number of aromatic nitrogens is 2. The molecule has 6 aromatic rings. The van der Waals surface area contributed by atoms with Crippen molar-refractivity contribution in [2.45, 2.75) is 43.3 Å². The number of aliphatic carboxylic acids is 1. The lowest BCUT2D eigenvalue weighted by Crippen LogP contribution is -2.61. The number of carbonyl (C=O) groups is 1. The molecule has 1 saturated carbocycles. The zero-order valence-corrected chi connectivity index (χ0v) is 26.2. The summed E-state index contributed by atoms with van der Waals surface area (Å²) < 4.78 is 3.56. The molecule has 0 bridgehead atoms. The highest BCUT2D eigenvalue weighted by Crippen LogP contribution is 2.40. The molecular weight excluding hydrogens is 594 g/mol. The summed E-state index contributed by atoms with van der Waals surface area (Å²) in [5.74, 6) is -0.968. The smallest absolute Gasteiger partial charge is 0.333 e. The van der Waals surface area contributed by atoms with E-state index in [0.29, 0.717) is 5.02 Å². The van der Waals surface area contributed by atoms with Crippen molar-refractivity contribution in [3.8, 4) is 5.69 Å². The number of halogens is 1. The van der Waals surface area contributed by atoms with Crippen molar-refractivity contribution < 1.29 is 9.90 Å². The van der Waals surface area contributed by atoms with Gasteiger partial charge in [-0.2, -0.15) is 0 Å². The van der Waals surface area contributed by atoms with E-state index in [1.54, 1.807) is 17.6 Å². The molecule has 7 rings (SSSR count). The Morgan fingerprint density at radius 1 is 0.783 bits per heavy atom. The van der Waals surface area contributed by atoms with Gasteiger partial charge in [0.25, 0.3) is 0 Å². The lowest BCUT2D eigenvalue weighted by molar-refractivity contribution is -0.144. The summed E-state index contributed by atoms with van der Waals surface area (Å²) in [6.07, 6.45) is 2.15. The molecule has 0 radical (unpaired) electrons. The van der Waals surface area contributed by atoms with E-state index in [4.69, 9.17) is 11.6 Å². The number of carboxylic acid groups (broad SMARTS) is 1. The Hall–Kier alpha value is -4.91. The second-order valence-electron chi connectivity index (χ2n) is 12.3. The van der Waals surface area contributed by atoms with Gasteiger partial charge in [-0.05, 0) is 72.4 Å². The Bertz CT molecular complexity index is 1970. The minimum atomic E-state index is -1.39. The maximum atomic E-state index is 13.6. The maximum Gasteiger partial charge on any atom is 0.333 e. The van der Waals surface area contributed by atoms with Crippen LogP contribution in [0.15, 0.2) is 138 Å². The van der Waals surface area contributed by atoms with Crippen molar-refractivity contribution in [1.82, 2.24) is 14.5 Å². The first-order valence-electron chi connectivity index (χ1n) is 15.5. The van der Waals surface area contributed by atoms with Crippen LogP contribution in [0.1, 0.15) is 48.1 Å². The molecule has 1 aliphatic carbocycles. The number of imidazole rings is 1. The van der Waals surface area contributed by atoms with E-state index < -0.39 is 17.0 Å². The largest absolute Gasteiger partial charge is 0.480 e. The van der Waals surface area contributed by atoms with Gasteiger partial charge in [-0.15, -0.1) is 0 Å². The van der Waals surface area contributed by atoms with Crippen LogP contribution in [-0.4, -0.2) is 25.7 Å². The van der Waals surface area contributed by atoms with Gasteiger partial charge in [0, 0.05) is 17.5 Å². The van der Waals surface area contributed by atoms with Gasteiger partial charge in [-0.3, -0.25) is 19.2 Å². The first kappa shape index (κ1) is 29.8. The number of benzene rings is 5. The van der Waals surface area contributed by atoms with Crippen LogP contribution < -0.4 is 11.0 Å². The van der Waals surface area contributed by atoms with E-state index in [9.17, 15) is 14.7 Å². The quantitative estimate of drug-likeness (QED) is 0.152. The summed E-state index contributed by atoms with van der Waals surface area (Å²) in [6.45, 7) is 1.74. The van der Waals surface area contributed by atoms with E-state index in [1.807, 2.05) is 132 Å². The summed E-state index contributed by atoms with van der Waals surface area (Å²) in [6, 6.07) is 43.3. The SMILES string of the molecule is CC(Cc1ccc(-n2c(=O)n(C3CC3)c3cc(Cl)ccc32)cc1)(NC(c1ccccc1)(c1ccccc1)c1ccccc1)C(=O)O. The predicted octanol–water partition coefficient (Wildman–Crippen LogP) is 7.75. The topological polar surface area (TPSA) is 76.3 Å². The van der Waals surface area contributed by atoms with Crippen LogP contribution in [-0.2, 0) is 16.8 Å². The molecule has 0 aliphatic heterocycles. The normalized spacial score (nSPS) is 14.7. The van der Waals surface area contributed by atoms with Crippen LogP contribution in [0.3, 0.4) is 0 Å². The molecule has 0 amide bonds. The molecule has 2 N–H and O–H groups in total. The van der Waals surface area contributed by atoms with Gasteiger partial charge in [-0.25, -0.2) is 4.79 Å². The van der Waals surface area contributed by atoms with E-state index in [0.717, 1.165) is 51.8 Å². The Morgan fingerprint density at radius 2 is 1.30 bits per heavy atom. The molecule has 230 valence electrons. The summed E-state index contributed by atoms with van der Waals surface area (Å²) >= 11 is 6.32. The summed E-state index contributed by atoms with van der Waals surface area (Å²) in [4.78, 5) is 26.9. The Labute approximate surface area is 272 Å². The molecule has 1 aliphatic rings. The van der Waals surface area contributed by atoms with E-state index in [-0.39, 0.29) is 18.2 Å². The molecule has 1 heterocycles. The minimum absolute atomic E-state index is 0.0945. The molecule has 1 unspecified atom stereocenters. The third kappa shape index (κ3) is 5.23. The van der Waals surface area contributed by atoms with Gasteiger partial charge in [0.1, 0.15) is 5.54 Å². The van der Waals surface area contributed by atoms with Gasteiger partial charge < -0.3 is 5.11 Å². The van der Waals surface area contributed by atoms with E-state index in [2.05, 4.69) is 5.32 Å². The molecule has 6 nitrogen and oxygen atoms in total. The fourth-order valence-electron chi connectivity index (χ4n) is 6.67. The molecule has 46 heavy (non-hydrogen) atoms. The fourth-order valence-corrected chi connectivity index (χ4v) is 6.83. The van der Waals surface area contributed by atoms with Crippen LogP contribution in [0, 0.1) is 0 Å². The molecule has 1 atom stereocenters. The highest BCUT2D eigenvalue weighted by atomic mass is 35.5. The summed E-state index contributed by atoms with van der Waals surface area (Å²) in [5.41, 5.74) is 3.52. The van der Waals surface area contributed by atoms with Gasteiger partial charge in [-0.1, -0.05) is 115 Å². The van der Waals surface area contributed by atoms with Crippen LogP contribution in [0.4, 0.5) is 0 Å². The highest BCUT2D eigenvalue weighted by Gasteiger charge is 2.45. The third-order valence-corrected chi connectivity index (χ3v) is 9.29. The summed E-state index contributed by atoms with van der Waals surface area (Å²) in [5, 5.41) is 15.1. The Morgan fingerprint density at radius 3 is 1.78 bits per heavy atom. The van der Waals surface area contributed by atoms with Gasteiger partial charge in [0.2, 0.25) is 0 Å². The fraction of sp³-hybridized carbons (Fsp3) is 0.179. The van der Waals surface area contributed by atoms with Crippen molar-refractivity contribution in [2.24, 2.45) is 0 Å². The number of hydrogen-bond donors (Lipinski definition) is 2. The van der Waals surface area contributed by atoms with Crippen LogP contribution >= 0.6 is 11.6 Å². The number of fused-ring (bicyclic) bond motifs is 1. The number of nitrogens with zero attached hydrogens (tertiary/aromatic N) is 2. The Kier molecular flexibility index (Phi) is 7.63. The lowest BCUT2D eigenvalue weighted by Gasteiger charge is -2.43. The molecular formula is C39H34ClN3O3. The Balaban J connectivity index is 1.30. The lowest BCUT2D eigenvalue weighted by atomic mass is 9.74. The number of hydrogen-bond acceptors (Lipinski definition) is 3. The standard InChI is InChI=1S/C39H34ClN3O3/c1-38(36(44)45,41-39(28-11-5-2-6-12-28,29-13-7-3-8-14-29)30-15-9-4-10-16-30)26-27-17-20-32(21-18-27)42-34-24-19-31(40)25-35(34)43(37(42)46)33-22-23-33/h2-21,24-25,33,41H,22-23,26H2,1H3,(H,44,45).